The number of carbonyl (C=O) groups excluding carboxylic acids is 1. The van der Waals surface area contributed by atoms with Gasteiger partial charge in [-0.3, -0.25) is 4.79 Å². The minimum absolute atomic E-state index is 0.00594. The topological polar surface area (TPSA) is 65.0 Å². The third-order valence-corrected chi connectivity index (χ3v) is 7.43. The Kier molecular flexibility index (Phi) is 2.96. The second-order valence-corrected chi connectivity index (χ2v) is 9.24. The standard InChI is InChI=1S/C18H28O5/c1-10(19)23-13-11-6-15(2,3)7-12(11)16(4)8-17(16)14(21-5)22-9-18(13,17)20/h11-14,20H,6-9H2,1-5H3/t11-,12+,13+,14+,16-,17+,18+/m1/s1. The number of hydrogen-bond donors (Lipinski definition) is 1. The molecule has 5 nitrogen and oxygen atoms in total. The highest BCUT2D eigenvalue weighted by atomic mass is 16.7. The molecule has 0 unspecified atom stereocenters. The van der Waals surface area contributed by atoms with Crippen molar-refractivity contribution in [3.8, 4) is 0 Å². The molecule has 4 rings (SSSR count). The van der Waals surface area contributed by atoms with Gasteiger partial charge in [-0.2, -0.15) is 0 Å². The van der Waals surface area contributed by atoms with E-state index in [4.69, 9.17) is 14.2 Å². The molecule has 5 heteroatoms. The van der Waals surface area contributed by atoms with Crippen LogP contribution in [0.1, 0.15) is 47.0 Å². The van der Waals surface area contributed by atoms with Crippen molar-refractivity contribution in [2.75, 3.05) is 13.7 Å². The van der Waals surface area contributed by atoms with E-state index in [0.29, 0.717) is 5.92 Å². The molecule has 3 saturated carbocycles. The lowest BCUT2D eigenvalue weighted by Gasteiger charge is -2.49. The first kappa shape index (κ1) is 15.9. The third kappa shape index (κ3) is 1.66. The summed E-state index contributed by atoms with van der Waals surface area (Å²) >= 11 is 0. The predicted molar refractivity (Wildman–Crippen MR) is 82.4 cm³/mol. The molecule has 1 heterocycles. The van der Waals surface area contributed by atoms with Gasteiger partial charge in [-0.25, -0.2) is 0 Å². The van der Waals surface area contributed by atoms with Crippen LogP contribution in [-0.2, 0) is 19.0 Å². The minimum atomic E-state index is -1.14. The summed E-state index contributed by atoms with van der Waals surface area (Å²) in [6.45, 7) is 8.43. The average Bonchev–Trinajstić information content (AvgIpc) is 2.80. The molecular weight excluding hydrogens is 296 g/mol. The van der Waals surface area contributed by atoms with Crippen LogP contribution in [0.2, 0.25) is 0 Å². The molecule has 3 aliphatic carbocycles. The van der Waals surface area contributed by atoms with Gasteiger partial charge in [-0.05, 0) is 36.0 Å². The summed E-state index contributed by atoms with van der Waals surface area (Å²) in [6.07, 6.45) is 2.04. The Morgan fingerprint density at radius 2 is 1.96 bits per heavy atom. The Morgan fingerprint density at radius 3 is 2.57 bits per heavy atom. The van der Waals surface area contributed by atoms with Gasteiger partial charge in [0.15, 0.2) is 6.29 Å². The molecule has 1 N–H and O–H groups in total. The van der Waals surface area contributed by atoms with E-state index in [1.165, 1.54) is 6.92 Å². The Hall–Kier alpha value is -0.650. The van der Waals surface area contributed by atoms with E-state index in [9.17, 15) is 9.90 Å². The number of esters is 1. The predicted octanol–water partition coefficient (Wildman–Crippen LogP) is 2.11. The van der Waals surface area contributed by atoms with Crippen molar-refractivity contribution in [2.45, 2.75) is 65.0 Å². The monoisotopic (exact) mass is 324 g/mol. The molecule has 0 aromatic rings. The summed E-state index contributed by atoms with van der Waals surface area (Å²) in [6, 6.07) is 0. The van der Waals surface area contributed by atoms with E-state index in [-0.39, 0.29) is 29.3 Å². The van der Waals surface area contributed by atoms with Crippen LogP contribution in [0.4, 0.5) is 0 Å². The van der Waals surface area contributed by atoms with Gasteiger partial charge in [0.2, 0.25) is 0 Å². The summed E-state index contributed by atoms with van der Waals surface area (Å²) in [5, 5.41) is 11.6. The summed E-state index contributed by atoms with van der Waals surface area (Å²) in [7, 11) is 1.63. The Labute approximate surface area is 137 Å². The molecule has 23 heavy (non-hydrogen) atoms. The fourth-order valence-electron chi connectivity index (χ4n) is 6.62. The zero-order chi connectivity index (χ0) is 16.8. The molecule has 0 aromatic heterocycles. The first-order valence-electron chi connectivity index (χ1n) is 8.65. The van der Waals surface area contributed by atoms with Crippen molar-refractivity contribution in [3.05, 3.63) is 0 Å². The molecule has 0 bridgehead atoms. The summed E-state index contributed by atoms with van der Waals surface area (Å²) in [5.41, 5.74) is -1.39. The van der Waals surface area contributed by atoms with E-state index in [1.807, 2.05) is 0 Å². The smallest absolute Gasteiger partial charge is 0.303 e. The maximum absolute atomic E-state index is 11.7. The number of ether oxygens (including phenoxy) is 3. The number of carbonyl (C=O) groups is 1. The zero-order valence-corrected chi connectivity index (χ0v) is 14.7. The largest absolute Gasteiger partial charge is 0.459 e. The van der Waals surface area contributed by atoms with Crippen molar-refractivity contribution in [1.82, 2.24) is 0 Å². The lowest BCUT2D eigenvalue weighted by atomic mass is 9.60. The number of fused-ring (bicyclic) bond motifs is 2. The van der Waals surface area contributed by atoms with Gasteiger partial charge in [0.05, 0.1) is 12.0 Å². The highest BCUT2D eigenvalue weighted by Gasteiger charge is 2.89. The summed E-state index contributed by atoms with van der Waals surface area (Å²) < 4.78 is 17.1. The van der Waals surface area contributed by atoms with Crippen LogP contribution >= 0.6 is 0 Å². The molecule has 0 aromatic carbocycles. The second-order valence-electron chi connectivity index (χ2n) is 9.24. The molecule has 130 valence electrons. The normalized spacial score (nSPS) is 55.7. The first-order valence-corrected chi connectivity index (χ1v) is 8.65. The van der Waals surface area contributed by atoms with Crippen LogP contribution in [0, 0.1) is 28.1 Å². The second kappa shape index (κ2) is 4.30. The molecule has 1 spiro atoms. The maximum atomic E-state index is 11.7. The SMILES string of the molecule is CO[C@H]1OC[C@]2(O)[C@@H](OC(C)=O)[C@@H]3CC(C)(C)C[C@@H]3[C@@]3(C)C[C@]132. The lowest BCUT2D eigenvalue weighted by Crippen LogP contribution is -2.62. The Morgan fingerprint density at radius 1 is 1.26 bits per heavy atom. The van der Waals surface area contributed by atoms with Gasteiger partial charge >= 0.3 is 5.97 Å². The van der Waals surface area contributed by atoms with Gasteiger partial charge < -0.3 is 19.3 Å². The van der Waals surface area contributed by atoms with E-state index in [0.717, 1.165) is 19.3 Å². The van der Waals surface area contributed by atoms with E-state index in [2.05, 4.69) is 20.8 Å². The lowest BCUT2D eigenvalue weighted by molar-refractivity contribution is -0.211. The highest BCUT2D eigenvalue weighted by molar-refractivity contribution is 5.66. The maximum Gasteiger partial charge on any atom is 0.303 e. The van der Waals surface area contributed by atoms with E-state index < -0.39 is 23.4 Å². The molecule has 1 saturated heterocycles. The average molecular weight is 324 g/mol. The third-order valence-electron chi connectivity index (χ3n) is 7.43. The summed E-state index contributed by atoms with van der Waals surface area (Å²) in [4.78, 5) is 11.7. The number of hydrogen-bond acceptors (Lipinski definition) is 5. The van der Waals surface area contributed by atoms with Crippen molar-refractivity contribution in [1.29, 1.82) is 0 Å². The molecule has 4 fully saturated rings. The molecule has 0 radical (unpaired) electrons. The van der Waals surface area contributed by atoms with Gasteiger partial charge in [0, 0.05) is 20.0 Å². The van der Waals surface area contributed by atoms with Crippen LogP contribution in [0.25, 0.3) is 0 Å². The molecule has 4 aliphatic rings. The van der Waals surface area contributed by atoms with Crippen LogP contribution in [0.5, 0.6) is 0 Å². The Bertz CT molecular complexity index is 560. The number of rotatable bonds is 2. The van der Waals surface area contributed by atoms with Crippen molar-refractivity contribution in [3.63, 3.8) is 0 Å². The number of aliphatic hydroxyl groups is 1. The van der Waals surface area contributed by atoms with E-state index >= 15 is 0 Å². The van der Waals surface area contributed by atoms with Gasteiger partial charge in [0.25, 0.3) is 0 Å². The minimum Gasteiger partial charge on any atom is -0.459 e. The van der Waals surface area contributed by atoms with Crippen molar-refractivity contribution in [2.24, 2.45) is 28.1 Å². The fourth-order valence-corrected chi connectivity index (χ4v) is 6.62. The molecule has 7 atom stereocenters. The van der Waals surface area contributed by atoms with Gasteiger partial charge in [-0.1, -0.05) is 20.8 Å². The van der Waals surface area contributed by atoms with Crippen molar-refractivity contribution < 1.29 is 24.1 Å². The van der Waals surface area contributed by atoms with Gasteiger partial charge in [0.1, 0.15) is 11.7 Å². The van der Waals surface area contributed by atoms with E-state index in [1.54, 1.807) is 7.11 Å². The van der Waals surface area contributed by atoms with Crippen molar-refractivity contribution >= 4 is 5.97 Å². The molecular formula is C18H28O5. The molecule has 1 aliphatic heterocycles. The van der Waals surface area contributed by atoms with Gasteiger partial charge in [-0.15, -0.1) is 0 Å². The fraction of sp³-hybridized carbons (Fsp3) is 0.944. The summed E-state index contributed by atoms with van der Waals surface area (Å²) in [5.74, 6) is 0.298. The zero-order valence-electron chi connectivity index (χ0n) is 14.7. The van der Waals surface area contributed by atoms with Crippen LogP contribution < -0.4 is 0 Å². The number of methoxy groups -OCH3 is 1. The highest BCUT2D eigenvalue weighted by Crippen LogP contribution is 2.83. The quantitative estimate of drug-likeness (QED) is 0.788. The first-order chi connectivity index (χ1) is 10.6. The van der Waals surface area contributed by atoms with Crippen LogP contribution in [-0.4, -0.2) is 42.8 Å². The Balaban J connectivity index is 1.82. The van der Waals surface area contributed by atoms with Crippen LogP contribution in [0.3, 0.4) is 0 Å². The molecule has 0 amide bonds. The van der Waals surface area contributed by atoms with Crippen LogP contribution in [0.15, 0.2) is 0 Å².